The highest BCUT2D eigenvalue weighted by molar-refractivity contribution is 7.11. The molecule has 0 radical (unpaired) electrons. The van der Waals surface area contributed by atoms with Crippen molar-refractivity contribution in [3.63, 3.8) is 0 Å². The van der Waals surface area contributed by atoms with Crippen molar-refractivity contribution in [3.8, 4) is 5.75 Å². The second kappa shape index (κ2) is 8.10. The molecule has 0 fully saturated rings. The van der Waals surface area contributed by atoms with Crippen LogP contribution in [-0.2, 0) is 6.54 Å². The van der Waals surface area contributed by atoms with Gasteiger partial charge in [0.25, 0.3) is 0 Å². The molecule has 2 amide bonds. The van der Waals surface area contributed by atoms with E-state index in [4.69, 9.17) is 4.74 Å². The first kappa shape index (κ1) is 18.2. The number of pyridine rings is 1. The largest absolute Gasteiger partial charge is 0.496 e. The molecule has 0 aromatic carbocycles. The number of thiazole rings is 1. The molecule has 0 bridgehead atoms. The molecule has 2 heterocycles. The molecule has 24 heavy (non-hydrogen) atoms. The van der Waals surface area contributed by atoms with Crippen molar-refractivity contribution in [2.75, 3.05) is 13.7 Å². The van der Waals surface area contributed by atoms with E-state index in [-0.39, 0.29) is 11.9 Å². The molecule has 2 aromatic heterocycles. The third-order valence-electron chi connectivity index (χ3n) is 3.80. The van der Waals surface area contributed by atoms with Crippen molar-refractivity contribution < 1.29 is 9.53 Å². The number of nitrogens with one attached hydrogen (secondary N) is 2. The number of carbonyl (C=O) groups excluding carboxylic acids is 1. The maximum atomic E-state index is 12.0. The number of ether oxygens (including phenoxy) is 1. The van der Waals surface area contributed by atoms with E-state index in [1.165, 1.54) is 4.88 Å². The van der Waals surface area contributed by atoms with Crippen LogP contribution in [0.25, 0.3) is 0 Å². The van der Waals surface area contributed by atoms with Crippen LogP contribution in [0.4, 0.5) is 4.79 Å². The third kappa shape index (κ3) is 4.44. The van der Waals surface area contributed by atoms with Gasteiger partial charge in [0.15, 0.2) is 0 Å². The molecule has 0 aliphatic heterocycles. The van der Waals surface area contributed by atoms with Gasteiger partial charge < -0.3 is 15.4 Å². The Balaban J connectivity index is 1.85. The molecule has 0 saturated carbocycles. The smallest absolute Gasteiger partial charge is 0.315 e. The van der Waals surface area contributed by atoms with E-state index in [0.717, 1.165) is 27.6 Å². The van der Waals surface area contributed by atoms with Gasteiger partial charge in [0, 0.05) is 40.9 Å². The summed E-state index contributed by atoms with van der Waals surface area (Å²) in [5.74, 6) is 1.00. The first-order valence-corrected chi connectivity index (χ1v) is 8.67. The molecule has 2 aromatic rings. The number of carbonyl (C=O) groups is 1. The molecular weight excluding hydrogens is 324 g/mol. The average molecular weight is 348 g/mol. The number of rotatable bonds is 6. The van der Waals surface area contributed by atoms with Crippen LogP contribution in [0.2, 0.25) is 0 Å². The molecular formula is C17H24N4O2S. The Kier molecular flexibility index (Phi) is 6.14. The number of urea groups is 1. The summed E-state index contributed by atoms with van der Waals surface area (Å²) in [4.78, 5) is 21.9. The van der Waals surface area contributed by atoms with Gasteiger partial charge in [-0.05, 0) is 20.8 Å². The van der Waals surface area contributed by atoms with Crippen LogP contribution in [0.5, 0.6) is 5.75 Å². The first-order chi connectivity index (χ1) is 11.4. The van der Waals surface area contributed by atoms with Gasteiger partial charge >= 0.3 is 6.03 Å². The van der Waals surface area contributed by atoms with Crippen LogP contribution in [-0.4, -0.2) is 29.7 Å². The van der Waals surface area contributed by atoms with Crippen LogP contribution in [0.15, 0.2) is 12.4 Å². The van der Waals surface area contributed by atoms with Crippen molar-refractivity contribution in [2.45, 2.75) is 40.2 Å². The quantitative estimate of drug-likeness (QED) is 0.841. The lowest BCUT2D eigenvalue weighted by atomic mass is 10.1. The summed E-state index contributed by atoms with van der Waals surface area (Å²) in [6, 6.07) is -0.212. The van der Waals surface area contributed by atoms with Gasteiger partial charge in [-0.3, -0.25) is 4.98 Å². The van der Waals surface area contributed by atoms with Crippen molar-refractivity contribution >= 4 is 17.4 Å². The van der Waals surface area contributed by atoms with E-state index >= 15 is 0 Å². The van der Waals surface area contributed by atoms with Crippen molar-refractivity contribution in [2.24, 2.45) is 0 Å². The van der Waals surface area contributed by atoms with E-state index in [1.54, 1.807) is 24.6 Å². The van der Waals surface area contributed by atoms with Gasteiger partial charge in [0.05, 0.1) is 24.4 Å². The van der Waals surface area contributed by atoms with Crippen LogP contribution < -0.4 is 15.4 Å². The van der Waals surface area contributed by atoms with Gasteiger partial charge in [0.1, 0.15) is 5.75 Å². The topological polar surface area (TPSA) is 76.1 Å². The summed E-state index contributed by atoms with van der Waals surface area (Å²) in [5, 5.41) is 6.75. The molecule has 130 valence electrons. The number of aromatic nitrogens is 2. The molecule has 0 aliphatic carbocycles. The highest BCUT2D eigenvalue weighted by Gasteiger charge is 2.13. The number of methoxy groups -OCH3 is 1. The minimum Gasteiger partial charge on any atom is -0.496 e. The monoisotopic (exact) mass is 348 g/mol. The Morgan fingerprint density at radius 3 is 2.62 bits per heavy atom. The highest BCUT2D eigenvalue weighted by atomic mass is 32.1. The van der Waals surface area contributed by atoms with E-state index in [9.17, 15) is 4.79 Å². The summed E-state index contributed by atoms with van der Waals surface area (Å²) < 4.78 is 5.38. The third-order valence-corrected chi connectivity index (χ3v) is 4.94. The summed E-state index contributed by atoms with van der Waals surface area (Å²) in [7, 11) is 1.64. The number of nitrogens with zero attached hydrogens (tertiary/aromatic N) is 2. The SMILES string of the molecule is COc1c(C)cnc(CNC(=O)NCC(C)c2ncc(C)s2)c1C. The van der Waals surface area contributed by atoms with Gasteiger partial charge in [-0.1, -0.05) is 6.92 Å². The molecule has 2 rings (SSSR count). The van der Waals surface area contributed by atoms with Crippen molar-refractivity contribution in [3.05, 3.63) is 39.1 Å². The average Bonchev–Trinajstić information content (AvgIpc) is 2.99. The van der Waals surface area contributed by atoms with Crippen LogP contribution in [0, 0.1) is 20.8 Å². The standard InChI is InChI=1S/C17H24N4O2S/c1-10-6-18-14(13(4)15(10)23-5)9-21-17(22)20-7-11(2)16-19-8-12(3)24-16/h6,8,11H,7,9H2,1-5H3,(H2,20,21,22). The molecule has 0 saturated heterocycles. The van der Waals surface area contributed by atoms with Crippen LogP contribution in [0.3, 0.4) is 0 Å². The van der Waals surface area contributed by atoms with Gasteiger partial charge in [-0.15, -0.1) is 11.3 Å². The maximum Gasteiger partial charge on any atom is 0.315 e. The van der Waals surface area contributed by atoms with Gasteiger partial charge in [-0.2, -0.15) is 0 Å². The Labute approximate surface area is 146 Å². The minimum atomic E-state index is -0.212. The minimum absolute atomic E-state index is 0.189. The lowest BCUT2D eigenvalue weighted by Crippen LogP contribution is -2.37. The van der Waals surface area contributed by atoms with E-state index in [1.807, 2.05) is 27.0 Å². The Hall–Kier alpha value is -2.15. The van der Waals surface area contributed by atoms with Crippen LogP contribution >= 0.6 is 11.3 Å². The van der Waals surface area contributed by atoms with E-state index in [2.05, 4.69) is 27.5 Å². The maximum absolute atomic E-state index is 12.0. The van der Waals surface area contributed by atoms with Gasteiger partial charge in [0.2, 0.25) is 0 Å². The van der Waals surface area contributed by atoms with Crippen LogP contribution in [0.1, 0.15) is 39.5 Å². The molecule has 7 heteroatoms. The summed E-state index contributed by atoms with van der Waals surface area (Å²) in [6.45, 7) is 8.88. The number of hydrogen-bond donors (Lipinski definition) is 2. The Bertz CT molecular complexity index is 715. The zero-order valence-corrected chi connectivity index (χ0v) is 15.6. The number of hydrogen-bond acceptors (Lipinski definition) is 5. The number of aryl methyl sites for hydroxylation is 2. The van der Waals surface area contributed by atoms with Gasteiger partial charge in [-0.25, -0.2) is 9.78 Å². The van der Waals surface area contributed by atoms with Crippen molar-refractivity contribution in [1.82, 2.24) is 20.6 Å². The zero-order chi connectivity index (χ0) is 17.7. The summed E-state index contributed by atoms with van der Waals surface area (Å²) in [6.07, 6.45) is 3.61. The molecule has 1 unspecified atom stereocenters. The normalized spacial score (nSPS) is 11.9. The lowest BCUT2D eigenvalue weighted by Gasteiger charge is -2.14. The second-order valence-corrected chi connectivity index (χ2v) is 7.09. The van der Waals surface area contributed by atoms with Crippen molar-refractivity contribution in [1.29, 1.82) is 0 Å². The molecule has 2 N–H and O–H groups in total. The first-order valence-electron chi connectivity index (χ1n) is 7.85. The molecule has 6 nitrogen and oxygen atoms in total. The molecule has 0 aliphatic rings. The van der Waals surface area contributed by atoms with E-state index < -0.39 is 0 Å². The summed E-state index contributed by atoms with van der Waals surface area (Å²) in [5.41, 5.74) is 2.73. The van der Waals surface area contributed by atoms with E-state index in [0.29, 0.717) is 13.1 Å². The summed E-state index contributed by atoms with van der Waals surface area (Å²) >= 11 is 1.66. The highest BCUT2D eigenvalue weighted by Crippen LogP contribution is 2.23. The predicted molar refractivity (Wildman–Crippen MR) is 95.8 cm³/mol. The number of amides is 2. The second-order valence-electron chi connectivity index (χ2n) is 5.82. The fourth-order valence-electron chi connectivity index (χ4n) is 2.41. The fraction of sp³-hybridized carbons (Fsp3) is 0.471. The molecule has 1 atom stereocenters. The fourth-order valence-corrected chi connectivity index (χ4v) is 3.23. The predicted octanol–water partition coefficient (Wildman–Crippen LogP) is 3.07. The lowest BCUT2D eigenvalue weighted by molar-refractivity contribution is 0.240. The zero-order valence-electron chi connectivity index (χ0n) is 14.8. The molecule has 0 spiro atoms. The Morgan fingerprint density at radius 1 is 1.25 bits per heavy atom. The Morgan fingerprint density at radius 2 is 2.00 bits per heavy atom.